The zero-order valence-electron chi connectivity index (χ0n) is 16.3. The van der Waals surface area contributed by atoms with E-state index in [1.54, 1.807) is 19.9 Å². The zero-order chi connectivity index (χ0) is 20.3. The molecule has 0 radical (unpaired) electrons. The second kappa shape index (κ2) is 8.37. The molecule has 1 fully saturated rings. The maximum absolute atomic E-state index is 13.0. The van der Waals surface area contributed by atoms with Gasteiger partial charge in [0.25, 0.3) is 0 Å². The number of hydrogen-bond acceptors (Lipinski definition) is 2. The summed E-state index contributed by atoms with van der Waals surface area (Å²) in [5.74, 6) is -0.0540. The second-order valence-corrected chi connectivity index (χ2v) is 7.54. The standard InChI is InChI=1S/C21H26F3N3O/c1-14-19(13-20(28)25-17-9-5-3-4-6-10-17)15(2)27(26-14)18-11-7-8-16(12-18)21(22,23)24/h7-8,11-12,17H,3-6,9-10,13H2,1-2H3,(H,25,28). The number of benzene rings is 1. The Morgan fingerprint density at radius 1 is 1.18 bits per heavy atom. The molecule has 152 valence electrons. The summed E-state index contributed by atoms with van der Waals surface area (Å²) in [5, 5.41) is 7.50. The van der Waals surface area contributed by atoms with Crippen LogP contribution in [0.3, 0.4) is 0 Å². The molecule has 0 saturated heterocycles. The molecule has 28 heavy (non-hydrogen) atoms. The SMILES string of the molecule is Cc1nn(-c2cccc(C(F)(F)F)c2)c(C)c1CC(=O)NC1CCCCCC1. The highest BCUT2D eigenvalue weighted by Crippen LogP contribution is 2.31. The topological polar surface area (TPSA) is 46.9 Å². The Labute approximate surface area is 163 Å². The first kappa shape index (κ1) is 20.4. The number of carbonyl (C=O) groups is 1. The lowest BCUT2D eigenvalue weighted by Gasteiger charge is -2.16. The second-order valence-electron chi connectivity index (χ2n) is 7.54. The highest BCUT2D eigenvalue weighted by molar-refractivity contribution is 5.79. The molecule has 7 heteroatoms. The summed E-state index contributed by atoms with van der Waals surface area (Å²) in [6.07, 6.45) is 2.50. The molecule has 1 heterocycles. The molecule has 0 aliphatic heterocycles. The number of aromatic nitrogens is 2. The zero-order valence-corrected chi connectivity index (χ0v) is 16.3. The molecule has 1 aliphatic carbocycles. The molecule has 1 aromatic carbocycles. The van der Waals surface area contributed by atoms with Crippen LogP contribution in [0.25, 0.3) is 5.69 Å². The minimum Gasteiger partial charge on any atom is -0.353 e. The molecular weight excluding hydrogens is 367 g/mol. The molecule has 1 amide bonds. The van der Waals surface area contributed by atoms with Crippen molar-refractivity contribution in [3.05, 3.63) is 46.8 Å². The van der Waals surface area contributed by atoms with Crippen molar-refractivity contribution in [2.45, 2.75) is 71.0 Å². The van der Waals surface area contributed by atoms with E-state index in [0.717, 1.165) is 43.4 Å². The third-order valence-corrected chi connectivity index (χ3v) is 5.42. The number of alkyl halides is 3. The molecule has 4 nitrogen and oxygen atoms in total. The number of carbonyl (C=O) groups excluding carboxylic acids is 1. The van der Waals surface area contributed by atoms with E-state index < -0.39 is 11.7 Å². The van der Waals surface area contributed by atoms with E-state index in [0.29, 0.717) is 17.1 Å². The van der Waals surface area contributed by atoms with E-state index in [1.165, 1.54) is 23.6 Å². The first-order valence-electron chi connectivity index (χ1n) is 9.78. The van der Waals surface area contributed by atoms with Crippen LogP contribution < -0.4 is 5.32 Å². The van der Waals surface area contributed by atoms with Gasteiger partial charge in [0, 0.05) is 17.3 Å². The Bertz CT molecular complexity index is 834. The van der Waals surface area contributed by atoms with Gasteiger partial charge >= 0.3 is 6.18 Å². The monoisotopic (exact) mass is 393 g/mol. The van der Waals surface area contributed by atoms with Gasteiger partial charge < -0.3 is 5.32 Å². The molecule has 0 spiro atoms. The quantitative estimate of drug-likeness (QED) is 0.752. The average molecular weight is 393 g/mol. The van der Waals surface area contributed by atoms with Gasteiger partial charge in [0.05, 0.1) is 23.4 Å². The molecular formula is C21H26F3N3O. The molecule has 0 unspecified atom stereocenters. The summed E-state index contributed by atoms with van der Waals surface area (Å²) in [7, 11) is 0. The maximum atomic E-state index is 13.0. The first-order valence-corrected chi connectivity index (χ1v) is 9.78. The van der Waals surface area contributed by atoms with Gasteiger partial charge in [0.1, 0.15) is 0 Å². The van der Waals surface area contributed by atoms with Gasteiger partial charge in [-0.25, -0.2) is 4.68 Å². The van der Waals surface area contributed by atoms with E-state index in [1.807, 2.05) is 0 Å². The Balaban J connectivity index is 1.77. The van der Waals surface area contributed by atoms with Gasteiger partial charge in [-0.1, -0.05) is 31.7 Å². The summed E-state index contributed by atoms with van der Waals surface area (Å²) in [6.45, 7) is 3.57. The van der Waals surface area contributed by atoms with Crippen molar-refractivity contribution in [2.24, 2.45) is 0 Å². The number of hydrogen-bond donors (Lipinski definition) is 1. The summed E-state index contributed by atoms with van der Waals surface area (Å²) in [5.41, 5.74) is 1.73. The van der Waals surface area contributed by atoms with Gasteiger partial charge in [-0.3, -0.25) is 4.79 Å². The van der Waals surface area contributed by atoms with Crippen LogP contribution in [0.1, 0.15) is 61.0 Å². The normalized spacial score (nSPS) is 16.0. The summed E-state index contributed by atoms with van der Waals surface area (Å²) in [4.78, 5) is 12.5. The van der Waals surface area contributed by atoms with Crippen LogP contribution in [0.4, 0.5) is 13.2 Å². The van der Waals surface area contributed by atoms with Crippen LogP contribution in [0.15, 0.2) is 24.3 Å². The van der Waals surface area contributed by atoms with Crippen LogP contribution in [0, 0.1) is 13.8 Å². The van der Waals surface area contributed by atoms with E-state index in [9.17, 15) is 18.0 Å². The highest BCUT2D eigenvalue weighted by atomic mass is 19.4. The van der Waals surface area contributed by atoms with Gasteiger partial charge in [-0.2, -0.15) is 18.3 Å². The third kappa shape index (κ3) is 4.75. The molecule has 1 N–H and O–H groups in total. The van der Waals surface area contributed by atoms with E-state index in [2.05, 4.69) is 10.4 Å². The molecule has 0 bridgehead atoms. The van der Waals surface area contributed by atoms with Crippen molar-refractivity contribution >= 4 is 5.91 Å². The van der Waals surface area contributed by atoms with Gasteiger partial charge in [0.2, 0.25) is 5.91 Å². The van der Waals surface area contributed by atoms with Crippen molar-refractivity contribution in [3.8, 4) is 5.69 Å². The lowest BCUT2D eigenvalue weighted by molar-refractivity contribution is -0.137. The summed E-state index contributed by atoms with van der Waals surface area (Å²) >= 11 is 0. The van der Waals surface area contributed by atoms with Crippen molar-refractivity contribution < 1.29 is 18.0 Å². The number of rotatable bonds is 4. The molecule has 1 saturated carbocycles. The Morgan fingerprint density at radius 2 is 1.86 bits per heavy atom. The van der Waals surface area contributed by atoms with Crippen LogP contribution >= 0.6 is 0 Å². The van der Waals surface area contributed by atoms with E-state index >= 15 is 0 Å². The molecule has 3 rings (SSSR count). The van der Waals surface area contributed by atoms with Crippen LogP contribution in [-0.2, 0) is 17.4 Å². The number of aryl methyl sites for hydroxylation is 1. The summed E-state index contributed by atoms with van der Waals surface area (Å²) < 4.78 is 40.5. The lowest BCUT2D eigenvalue weighted by Crippen LogP contribution is -2.35. The molecule has 1 aliphatic rings. The fourth-order valence-electron chi connectivity index (χ4n) is 3.86. The molecule has 2 aromatic rings. The summed E-state index contributed by atoms with van der Waals surface area (Å²) in [6, 6.07) is 5.29. The van der Waals surface area contributed by atoms with Crippen molar-refractivity contribution in [2.75, 3.05) is 0 Å². The minimum absolute atomic E-state index is 0.0540. The fraction of sp³-hybridized carbons (Fsp3) is 0.524. The van der Waals surface area contributed by atoms with Crippen molar-refractivity contribution in [3.63, 3.8) is 0 Å². The number of amides is 1. The minimum atomic E-state index is -4.41. The fourth-order valence-corrected chi connectivity index (χ4v) is 3.86. The van der Waals surface area contributed by atoms with E-state index in [4.69, 9.17) is 0 Å². The van der Waals surface area contributed by atoms with Gasteiger partial charge in [-0.15, -0.1) is 0 Å². The first-order chi connectivity index (χ1) is 13.3. The smallest absolute Gasteiger partial charge is 0.353 e. The van der Waals surface area contributed by atoms with Crippen LogP contribution in [0.2, 0.25) is 0 Å². The molecule has 1 aromatic heterocycles. The van der Waals surface area contributed by atoms with Crippen molar-refractivity contribution in [1.82, 2.24) is 15.1 Å². The molecule has 0 atom stereocenters. The lowest BCUT2D eigenvalue weighted by atomic mass is 10.1. The number of nitrogens with one attached hydrogen (secondary N) is 1. The third-order valence-electron chi connectivity index (χ3n) is 5.42. The number of halogens is 3. The maximum Gasteiger partial charge on any atom is 0.416 e. The van der Waals surface area contributed by atoms with E-state index in [-0.39, 0.29) is 18.4 Å². The largest absolute Gasteiger partial charge is 0.416 e. The van der Waals surface area contributed by atoms with Gasteiger partial charge in [0.15, 0.2) is 0 Å². The van der Waals surface area contributed by atoms with Gasteiger partial charge in [-0.05, 0) is 44.9 Å². The van der Waals surface area contributed by atoms with Crippen molar-refractivity contribution in [1.29, 1.82) is 0 Å². The Kier molecular flexibility index (Phi) is 6.10. The highest BCUT2D eigenvalue weighted by Gasteiger charge is 2.31. The Hall–Kier alpha value is -2.31. The van der Waals surface area contributed by atoms with Crippen LogP contribution in [-0.4, -0.2) is 21.7 Å². The predicted octanol–water partition coefficient (Wildman–Crippen LogP) is 4.89. The van der Waals surface area contributed by atoms with Crippen LogP contribution in [0.5, 0.6) is 0 Å². The average Bonchev–Trinajstić information content (AvgIpc) is 2.82. The predicted molar refractivity (Wildman–Crippen MR) is 101 cm³/mol. The number of nitrogens with zero attached hydrogens (tertiary/aromatic N) is 2. The Morgan fingerprint density at radius 3 is 2.50 bits per heavy atom.